The molecular formula is C10H14ClKO4Pt. The van der Waals surface area contributed by atoms with Crippen molar-refractivity contribution in [3.63, 3.8) is 0 Å². The van der Waals surface area contributed by atoms with Gasteiger partial charge in [-0.2, -0.15) is 0 Å². The molecule has 0 N–H and O–H groups in total. The van der Waals surface area contributed by atoms with E-state index in [9.17, 15) is 19.8 Å². The molecule has 0 amide bonds. The van der Waals surface area contributed by atoms with Crippen molar-refractivity contribution in [2.75, 3.05) is 0 Å². The van der Waals surface area contributed by atoms with Crippen LogP contribution < -0.4 is 74.0 Å². The Hall–Kier alpha value is 1.03. The van der Waals surface area contributed by atoms with Crippen LogP contribution in [0.3, 0.4) is 0 Å². The summed E-state index contributed by atoms with van der Waals surface area (Å²) in [4.78, 5) is 20.0. The molecule has 0 aliphatic rings. The minimum absolute atomic E-state index is 0. The number of ketones is 2. The number of carbonyl (C=O) groups is 2. The zero-order chi connectivity index (χ0) is 11.7. The summed E-state index contributed by atoms with van der Waals surface area (Å²) >= 11 is 0. The number of hydrogen-bond donors (Lipinski definition) is 0. The van der Waals surface area contributed by atoms with Gasteiger partial charge in [-0.15, -0.1) is 11.5 Å². The maximum absolute atomic E-state index is 9.98. The SMILES string of the molecule is CC(=O)/C=C(/C)[O-].CC(=O)/C=C(/C)[O-].[Cl-].[K+].[Pt+2]. The second-order valence-corrected chi connectivity index (χ2v) is 2.73. The van der Waals surface area contributed by atoms with Crippen LogP contribution in [0, 0.1) is 0 Å². The first-order chi connectivity index (χ1) is 6.25. The molecule has 0 saturated carbocycles. The molecule has 0 rings (SSSR count). The van der Waals surface area contributed by atoms with Crippen molar-refractivity contribution < 1.29 is 105 Å². The molecule has 0 aliphatic carbocycles. The van der Waals surface area contributed by atoms with Gasteiger partial charge in [0.25, 0.3) is 0 Å². The van der Waals surface area contributed by atoms with E-state index in [0.29, 0.717) is 0 Å². The van der Waals surface area contributed by atoms with E-state index in [2.05, 4.69) is 0 Å². The number of halogens is 1. The molecular weight excluding hydrogens is 454 g/mol. The molecule has 0 spiro atoms. The molecule has 0 saturated heterocycles. The summed E-state index contributed by atoms with van der Waals surface area (Å²) < 4.78 is 0. The van der Waals surface area contributed by atoms with E-state index in [-0.39, 0.29) is 108 Å². The number of carbonyl (C=O) groups excluding carboxylic acids is 2. The van der Waals surface area contributed by atoms with Gasteiger partial charge in [-0.05, 0) is 26.0 Å². The van der Waals surface area contributed by atoms with Gasteiger partial charge in [-0.1, -0.05) is 13.8 Å². The van der Waals surface area contributed by atoms with Crippen molar-refractivity contribution in [1.29, 1.82) is 0 Å². The molecule has 0 fully saturated rings. The van der Waals surface area contributed by atoms with E-state index in [4.69, 9.17) is 0 Å². The molecule has 0 atom stereocenters. The fourth-order valence-corrected chi connectivity index (χ4v) is 0.572. The van der Waals surface area contributed by atoms with Gasteiger partial charge < -0.3 is 22.6 Å². The first-order valence-electron chi connectivity index (χ1n) is 3.97. The Morgan fingerprint density at radius 2 is 1.00 bits per heavy atom. The summed E-state index contributed by atoms with van der Waals surface area (Å²) in [6.07, 6.45) is 2.11. The van der Waals surface area contributed by atoms with Crippen LogP contribution in [0.15, 0.2) is 23.7 Å². The molecule has 0 aliphatic heterocycles. The average molecular weight is 468 g/mol. The van der Waals surface area contributed by atoms with Gasteiger partial charge in [0.1, 0.15) is 0 Å². The number of hydrogen-bond acceptors (Lipinski definition) is 4. The quantitative estimate of drug-likeness (QED) is 0.230. The van der Waals surface area contributed by atoms with E-state index >= 15 is 0 Å². The topological polar surface area (TPSA) is 80.3 Å². The standard InChI is InChI=1S/2C5H8O2.ClH.K.Pt/c2*1-4(6)3-5(2)7;;;/h2*3,6H,1-2H3;1H;;/q;;;+1;+2/p-3/b2*4-3-;;;. The molecule has 96 valence electrons. The zero-order valence-electron chi connectivity index (χ0n) is 10.5. The Labute approximate surface area is 165 Å². The molecule has 17 heavy (non-hydrogen) atoms. The van der Waals surface area contributed by atoms with Crippen LogP contribution in [0.25, 0.3) is 0 Å². The largest absolute Gasteiger partial charge is 2.00 e. The van der Waals surface area contributed by atoms with Crippen LogP contribution in [0.1, 0.15) is 27.7 Å². The molecule has 0 heterocycles. The first-order valence-corrected chi connectivity index (χ1v) is 3.97. The Balaban J connectivity index is -0.0000000480. The monoisotopic (exact) mass is 467 g/mol. The molecule has 4 nitrogen and oxygen atoms in total. The second-order valence-electron chi connectivity index (χ2n) is 2.73. The van der Waals surface area contributed by atoms with Crippen LogP contribution in [-0.4, -0.2) is 11.6 Å². The molecule has 0 aromatic carbocycles. The summed E-state index contributed by atoms with van der Waals surface area (Å²) in [7, 11) is 0. The fraction of sp³-hybridized carbons (Fsp3) is 0.400. The Bertz CT molecular complexity index is 241. The third-order valence-corrected chi connectivity index (χ3v) is 0.813. The summed E-state index contributed by atoms with van der Waals surface area (Å²) in [5.41, 5.74) is 0. The summed E-state index contributed by atoms with van der Waals surface area (Å²) in [5.74, 6) is -0.750. The van der Waals surface area contributed by atoms with E-state index in [1.165, 1.54) is 27.7 Å². The molecule has 0 aromatic rings. The van der Waals surface area contributed by atoms with Gasteiger partial charge in [0.2, 0.25) is 0 Å². The molecule has 7 heteroatoms. The van der Waals surface area contributed by atoms with Gasteiger partial charge in [-0.3, -0.25) is 9.59 Å². The van der Waals surface area contributed by atoms with Crippen LogP contribution >= 0.6 is 0 Å². The van der Waals surface area contributed by atoms with Crippen LogP contribution in [-0.2, 0) is 30.7 Å². The fourth-order valence-electron chi connectivity index (χ4n) is 0.572. The molecule has 0 aromatic heterocycles. The second kappa shape index (κ2) is 19.4. The van der Waals surface area contributed by atoms with E-state index in [1.54, 1.807) is 0 Å². The van der Waals surface area contributed by atoms with Crippen molar-refractivity contribution in [2.24, 2.45) is 0 Å². The predicted molar refractivity (Wildman–Crippen MR) is 48.9 cm³/mol. The van der Waals surface area contributed by atoms with Gasteiger partial charge >= 0.3 is 72.4 Å². The van der Waals surface area contributed by atoms with Gasteiger partial charge in [0, 0.05) is 0 Å². The smallest absolute Gasteiger partial charge is 1.00 e. The van der Waals surface area contributed by atoms with Crippen molar-refractivity contribution in [1.82, 2.24) is 0 Å². The Kier molecular flexibility index (Phi) is 35.1. The first kappa shape index (κ1) is 30.8. The summed E-state index contributed by atoms with van der Waals surface area (Å²) in [5, 5.41) is 20.0. The number of allylic oxidation sites excluding steroid dienone is 4. The van der Waals surface area contributed by atoms with Gasteiger partial charge in [0.05, 0.1) is 0 Å². The van der Waals surface area contributed by atoms with Crippen molar-refractivity contribution in [3.05, 3.63) is 23.7 Å². The molecule has 0 bridgehead atoms. The molecule has 0 radical (unpaired) electrons. The summed E-state index contributed by atoms with van der Waals surface area (Å²) in [6, 6.07) is 0. The minimum atomic E-state index is -0.187. The van der Waals surface area contributed by atoms with Crippen LogP contribution in [0.5, 0.6) is 0 Å². The maximum atomic E-state index is 9.98. The number of rotatable bonds is 2. The average Bonchev–Trinajstić information content (AvgIpc) is 1.79. The Morgan fingerprint density at radius 1 is 0.824 bits per heavy atom. The van der Waals surface area contributed by atoms with Crippen LogP contribution in [0.4, 0.5) is 0 Å². The maximum Gasteiger partial charge on any atom is 2.00 e. The van der Waals surface area contributed by atoms with Gasteiger partial charge in [-0.25, -0.2) is 0 Å². The van der Waals surface area contributed by atoms with E-state index < -0.39 is 0 Å². The molecule has 0 unspecified atom stereocenters. The van der Waals surface area contributed by atoms with E-state index in [0.717, 1.165) is 12.2 Å². The van der Waals surface area contributed by atoms with Crippen LogP contribution in [0.2, 0.25) is 0 Å². The Morgan fingerprint density at radius 3 is 1.00 bits per heavy atom. The normalized spacial score (nSPS) is 9.41. The van der Waals surface area contributed by atoms with Crippen molar-refractivity contribution in [2.45, 2.75) is 27.7 Å². The van der Waals surface area contributed by atoms with Crippen molar-refractivity contribution >= 4 is 11.6 Å². The van der Waals surface area contributed by atoms with Gasteiger partial charge in [0.15, 0.2) is 11.6 Å². The zero-order valence-corrected chi connectivity index (χ0v) is 16.6. The third-order valence-electron chi connectivity index (χ3n) is 0.813. The van der Waals surface area contributed by atoms with E-state index in [1.807, 2.05) is 0 Å². The third kappa shape index (κ3) is 47.2. The van der Waals surface area contributed by atoms with Crippen molar-refractivity contribution in [3.8, 4) is 0 Å². The summed E-state index contributed by atoms with van der Waals surface area (Å²) in [6.45, 7) is 5.39. The minimum Gasteiger partial charge on any atom is -1.00 e. The predicted octanol–water partition coefficient (Wildman–Crippen LogP) is -6.32.